The Morgan fingerprint density at radius 3 is 2.17 bits per heavy atom. The summed E-state index contributed by atoms with van der Waals surface area (Å²) in [5.41, 5.74) is -0.418. The van der Waals surface area contributed by atoms with E-state index in [2.05, 4.69) is 26.0 Å². The smallest absolute Gasteiger partial charge is 0.322 e. The first-order valence-electron chi connectivity index (χ1n) is 8.42. The topological polar surface area (TPSA) is 75.3 Å². The minimum atomic E-state index is -4.59. The fraction of sp³-hybridized carbons (Fsp3) is 0.0500. The highest BCUT2D eigenvalue weighted by atomic mass is 79.9. The summed E-state index contributed by atoms with van der Waals surface area (Å²) in [4.78, 5) is 12.1. The number of amides is 1. The van der Waals surface area contributed by atoms with E-state index in [1.165, 1.54) is 30.3 Å². The molecule has 3 rings (SSSR count). The van der Waals surface area contributed by atoms with Crippen LogP contribution >= 0.6 is 15.9 Å². The number of halogens is 4. The van der Waals surface area contributed by atoms with Gasteiger partial charge in [0, 0.05) is 15.8 Å². The molecule has 0 heterocycles. The van der Waals surface area contributed by atoms with E-state index in [0.29, 0.717) is 21.8 Å². The molecule has 0 saturated carbocycles. The molecule has 1 amide bonds. The van der Waals surface area contributed by atoms with Gasteiger partial charge in [-0.2, -0.15) is 13.2 Å². The minimum Gasteiger partial charge on any atom is -0.322 e. The molecule has 2 N–H and O–H groups in total. The van der Waals surface area contributed by atoms with Crippen LogP contribution in [-0.2, 0) is 16.2 Å². The van der Waals surface area contributed by atoms with Crippen molar-refractivity contribution in [1.29, 1.82) is 0 Å². The lowest BCUT2D eigenvalue weighted by atomic mass is 10.2. The van der Waals surface area contributed by atoms with E-state index >= 15 is 0 Å². The second-order valence-electron chi connectivity index (χ2n) is 6.14. The van der Waals surface area contributed by atoms with Gasteiger partial charge in [0.2, 0.25) is 0 Å². The van der Waals surface area contributed by atoms with Crippen LogP contribution in [0.15, 0.2) is 82.2 Å². The standard InChI is InChI=1S/C20H14BrF3N2O3S/c21-18-7-2-1-6-17(18)19(27)25-14-8-10-16(11-9-14)30(28,29)26-15-5-3-4-13(12-15)20(22,23)24/h1-12,26H,(H,25,27). The Morgan fingerprint density at radius 1 is 0.867 bits per heavy atom. The van der Waals surface area contributed by atoms with Crippen molar-refractivity contribution in [3.05, 3.63) is 88.4 Å². The van der Waals surface area contributed by atoms with Crippen LogP contribution in [0.25, 0.3) is 0 Å². The lowest BCUT2D eigenvalue weighted by Gasteiger charge is -2.12. The summed E-state index contributed by atoms with van der Waals surface area (Å²) in [6, 6.07) is 15.9. The molecule has 0 radical (unpaired) electrons. The van der Waals surface area contributed by atoms with E-state index in [0.717, 1.165) is 12.1 Å². The summed E-state index contributed by atoms with van der Waals surface area (Å²) in [6.07, 6.45) is -4.59. The van der Waals surface area contributed by atoms with E-state index in [-0.39, 0.29) is 16.5 Å². The normalized spacial score (nSPS) is 11.7. The number of alkyl halides is 3. The molecule has 3 aromatic carbocycles. The molecule has 156 valence electrons. The Balaban J connectivity index is 1.75. The van der Waals surface area contributed by atoms with Gasteiger partial charge in [-0.15, -0.1) is 0 Å². The summed E-state index contributed by atoms with van der Waals surface area (Å²) in [5, 5.41) is 2.64. The highest BCUT2D eigenvalue weighted by Gasteiger charge is 2.30. The molecule has 0 bridgehead atoms. The molecule has 3 aromatic rings. The molecule has 10 heteroatoms. The zero-order valence-corrected chi connectivity index (χ0v) is 17.5. The highest BCUT2D eigenvalue weighted by molar-refractivity contribution is 9.10. The Labute approximate surface area is 179 Å². The Hall–Kier alpha value is -2.85. The molecular formula is C20H14BrF3N2O3S. The van der Waals surface area contributed by atoms with Crippen LogP contribution in [0.5, 0.6) is 0 Å². The van der Waals surface area contributed by atoms with Crippen LogP contribution in [0.4, 0.5) is 24.5 Å². The molecule has 30 heavy (non-hydrogen) atoms. The first-order valence-corrected chi connectivity index (χ1v) is 10.7. The number of carbonyl (C=O) groups excluding carboxylic acids is 1. The fourth-order valence-electron chi connectivity index (χ4n) is 2.53. The van der Waals surface area contributed by atoms with Gasteiger partial charge in [0.05, 0.1) is 16.0 Å². The van der Waals surface area contributed by atoms with Crippen LogP contribution in [0.3, 0.4) is 0 Å². The number of hydrogen-bond acceptors (Lipinski definition) is 3. The van der Waals surface area contributed by atoms with Gasteiger partial charge >= 0.3 is 6.18 Å². The molecule has 0 fully saturated rings. The van der Waals surface area contributed by atoms with Crippen molar-refractivity contribution in [1.82, 2.24) is 0 Å². The molecule has 0 atom stereocenters. The van der Waals surface area contributed by atoms with E-state index in [4.69, 9.17) is 0 Å². The summed E-state index contributed by atoms with van der Waals surface area (Å²) in [7, 11) is -4.12. The zero-order valence-electron chi connectivity index (χ0n) is 15.1. The summed E-state index contributed by atoms with van der Waals surface area (Å²) in [5.74, 6) is -0.389. The first-order chi connectivity index (χ1) is 14.1. The van der Waals surface area contributed by atoms with E-state index in [1.807, 2.05) is 0 Å². The Bertz CT molecular complexity index is 1180. The number of anilines is 2. The van der Waals surface area contributed by atoms with Gasteiger partial charge in [-0.3, -0.25) is 9.52 Å². The average molecular weight is 499 g/mol. The molecule has 0 unspecified atom stereocenters. The van der Waals surface area contributed by atoms with Crippen molar-refractivity contribution in [2.45, 2.75) is 11.1 Å². The van der Waals surface area contributed by atoms with Crippen LogP contribution in [0.1, 0.15) is 15.9 Å². The van der Waals surface area contributed by atoms with Gasteiger partial charge in [0.15, 0.2) is 0 Å². The largest absolute Gasteiger partial charge is 0.416 e. The Kier molecular flexibility index (Phi) is 6.18. The van der Waals surface area contributed by atoms with Gasteiger partial charge in [0.25, 0.3) is 15.9 Å². The van der Waals surface area contributed by atoms with Crippen molar-refractivity contribution in [2.75, 3.05) is 10.0 Å². The van der Waals surface area contributed by atoms with Crippen LogP contribution in [0.2, 0.25) is 0 Å². The molecule has 0 aliphatic carbocycles. The fourth-order valence-corrected chi connectivity index (χ4v) is 4.05. The van der Waals surface area contributed by atoms with Crippen molar-refractivity contribution < 1.29 is 26.4 Å². The molecular weight excluding hydrogens is 485 g/mol. The lowest BCUT2D eigenvalue weighted by Crippen LogP contribution is -2.15. The monoisotopic (exact) mass is 498 g/mol. The number of nitrogens with one attached hydrogen (secondary N) is 2. The van der Waals surface area contributed by atoms with Gasteiger partial charge in [0.1, 0.15) is 0 Å². The first kappa shape index (κ1) is 21.8. The van der Waals surface area contributed by atoms with Crippen LogP contribution < -0.4 is 10.0 Å². The van der Waals surface area contributed by atoms with Crippen molar-refractivity contribution in [3.8, 4) is 0 Å². The SMILES string of the molecule is O=C(Nc1ccc(S(=O)(=O)Nc2cccc(C(F)(F)F)c2)cc1)c1ccccc1Br. The van der Waals surface area contributed by atoms with E-state index in [1.54, 1.807) is 24.3 Å². The maximum Gasteiger partial charge on any atom is 0.416 e. The van der Waals surface area contributed by atoms with Gasteiger partial charge in [-0.25, -0.2) is 8.42 Å². The molecule has 0 saturated heterocycles. The Morgan fingerprint density at radius 2 is 1.53 bits per heavy atom. The van der Waals surface area contributed by atoms with Gasteiger partial charge in [-0.05, 0) is 70.5 Å². The third-order valence-corrected chi connectivity index (χ3v) is 6.07. The number of carbonyl (C=O) groups is 1. The van der Waals surface area contributed by atoms with Gasteiger partial charge < -0.3 is 5.32 Å². The summed E-state index contributed by atoms with van der Waals surface area (Å²) in [6.45, 7) is 0. The average Bonchev–Trinajstić information content (AvgIpc) is 2.68. The predicted octanol–water partition coefficient (Wildman–Crippen LogP) is 5.52. The van der Waals surface area contributed by atoms with Crippen molar-refractivity contribution in [2.24, 2.45) is 0 Å². The maximum absolute atomic E-state index is 12.8. The second kappa shape index (κ2) is 8.49. The summed E-state index contributed by atoms with van der Waals surface area (Å²) >= 11 is 3.28. The van der Waals surface area contributed by atoms with Crippen molar-refractivity contribution in [3.63, 3.8) is 0 Å². The molecule has 0 aromatic heterocycles. The molecule has 0 aliphatic rings. The number of sulfonamides is 1. The number of rotatable bonds is 5. The van der Waals surface area contributed by atoms with Gasteiger partial charge in [-0.1, -0.05) is 18.2 Å². The predicted molar refractivity (Wildman–Crippen MR) is 111 cm³/mol. The zero-order chi connectivity index (χ0) is 21.9. The van der Waals surface area contributed by atoms with Crippen LogP contribution in [-0.4, -0.2) is 14.3 Å². The quantitative estimate of drug-likeness (QED) is 0.486. The molecule has 5 nitrogen and oxygen atoms in total. The van der Waals surface area contributed by atoms with E-state index in [9.17, 15) is 26.4 Å². The van der Waals surface area contributed by atoms with E-state index < -0.39 is 21.8 Å². The number of hydrogen-bond donors (Lipinski definition) is 2. The van der Waals surface area contributed by atoms with Crippen LogP contribution in [0, 0.1) is 0 Å². The molecule has 0 aliphatic heterocycles. The second-order valence-corrected chi connectivity index (χ2v) is 8.68. The maximum atomic E-state index is 12.8. The minimum absolute atomic E-state index is 0.168. The lowest BCUT2D eigenvalue weighted by molar-refractivity contribution is -0.137. The third-order valence-electron chi connectivity index (χ3n) is 3.98. The number of benzene rings is 3. The molecule has 0 spiro atoms. The summed E-state index contributed by atoms with van der Waals surface area (Å²) < 4.78 is 66.1. The highest BCUT2D eigenvalue weighted by Crippen LogP contribution is 2.31. The van der Waals surface area contributed by atoms with Crippen molar-refractivity contribution >= 4 is 43.2 Å². The third kappa shape index (κ3) is 5.19.